The Balaban J connectivity index is 1.88. The van der Waals surface area contributed by atoms with E-state index in [2.05, 4.69) is 10.6 Å². The molecule has 18 heavy (non-hydrogen) atoms. The number of aromatic nitrogens is 1. The molecule has 0 unspecified atom stereocenters. The number of urea groups is 1. The van der Waals surface area contributed by atoms with Gasteiger partial charge in [0, 0.05) is 29.6 Å². The van der Waals surface area contributed by atoms with Gasteiger partial charge in [-0.1, -0.05) is 17.7 Å². The zero-order valence-corrected chi connectivity index (χ0v) is 10.7. The fraction of sp³-hybridized carbons (Fsp3) is 0.154. The molecule has 0 atom stereocenters. The van der Waals surface area contributed by atoms with E-state index in [0.717, 1.165) is 5.69 Å². The van der Waals surface area contributed by atoms with Crippen LogP contribution in [0.15, 0.2) is 42.6 Å². The normalized spacial score (nSPS) is 10.1. The Labute approximate surface area is 111 Å². The molecule has 1 aromatic carbocycles. The lowest BCUT2D eigenvalue weighted by Gasteiger charge is -2.08. The average molecular weight is 264 g/mol. The first-order valence-electron chi connectivity index (χ1n) is 5.56. The maximum absolute atomic E-state index is 11.7. The SMILES string of the molecule is Cn1cccc1CNC(=O)Nc1cccc(Cl)c1. The third-order valence-corrected chi connectivity index (χ3v) is 2.80. The zero-order chi connectivity index (χ0) is 13.0. The summed E-state index contributed by atoms with van der Waals surface area (Å²) in [6, 6.07) is 10.7. The monoisotopic (exact) mass is 263 g/mol. The zero-order valence-electron chi connectivity index (χ0n) is 9.98. The molecule has 2 rings (SSSR count). The Morgan fingerprint density at radius 1 is 1.33 bits per heavy atom. The summed E-state index contributed by atoms with van der Waals surface area (Å²) in [6.45, 7) is 0.482. The third-order valence-electron chi connectivity index (χ3n) is 2.56. The molecule has 2 N–H and O–H groups in total. The molecule has 0 saturated heterocycles. The molecule has 1 aromatic heterocycles. The van der Waals surface area contributed by atoms with Gasteiger partial charge in [-0.25, -0.2) is 4.79 Å². The van der Waals surface area contributed by atoms with Crippen molar-refractivity contribution in [1.29, 1.82) is 0 Å². The third kappa shape index (κ3) is 3.28. The van der Waals surface area contributed by atoms with Crippen LogP contribution in [0.1, 0.15) is 5.69 Å². The molecule has 5 heteroatoms. The van der Waals surface area contributed by atoms with E-state index in [-0.39, 0.29) is 6.03 Å². The van der Waals surface area contributed by atoms with Crippen molar-refractivity contribution >= 4 is 23.3 Å². The number of rotatable bonds is 3. The van der Waals surface area contributed by atoms with Gasteiger partial charge in [0.15, 0.2) is 0 Å². The van der Waals surface area contributed by atoms with Crippen LogP contribution in [-0.4, -0.2) is 10.6 Å². The Bertz CT molecular complexity index is 551. The Kier molecular flexibility index (Phi) is 3.89. The standard InChI is InChI=1S/C13H14ClN3O/c1-17-7-3-6-12(17)9-15-13(18)16-11-5-2-4-10(14)8-11/h2-8H,9H2,1H3,(H2,15,16,18). The molecule has 0 aliphatic heterocycles. The molecule has 2 amide bonds. The van der Waals surface area contributed by atoms with Crippen molar-refractivity contribution < 1.29 is 4.79 Å². The molecule has 0 saturated carbocycles. The van der Waals surface area contributed by atoms with E-state index in [9.17, 15) is 4.79 Å². The van der Waals surface area contributed by atoms with E-state index in [1.165, 1.54) is 0 Å². The van der Waals surface area contributed by atoms with Gasteiger partial charge in [-0.15, -0.1) is 0 Å². The van der Waals surface area contributed by atoms with Crippen LogP contribution in [0.2, 0.25) is 5.02 Å². The average Bonchev–Trinajstić information content (AvgIpc) is 2.72. The molecule has 2 aromatic rings. The first-order chi connectivity index (χ1) is 8.65. The van der Waals surface area contributed by atoms with Gasteiger partial charge in [-0.2, -0.15) is 0 Å². The highest BCUT2D eigenvalue weighted by atomic mass is 35.5. The van der Waals surface area contributed by atoms with E-state index in [1.807, 2.05) is 29.9 Å². The summed E-state index contributed by atoms with van der Waals surface area (Å²) in [5.41, 5.74) is 1.71. The lowest BCUT2D eigenvalue weighted by molar-refractivity contribution is 0.251. The van der Waals surface area contributed by atoms with Crippen molar-refractivity contribution in [3.05, 3.63) is 53.3 Å². The van der Waals surface area contributed by atoms with E-state index in [4.69, 9.17) is 11.6 Å². The van der Waals surface area contributed by atoms with Crippen molar-refractivity contribution in [2.24, 2.45) is 7.05 Å². The number of halogens is 1. The minimum absolute atomic E-state index is 0.251. The minimum atomic E-state index is -0.251. The number of carbonyl (C=O) groups is 1. The first kappa shape index (κ1) is 12.5. The number of nitrogens with one attached hydrogen (secondary N) is 2. The Hall–Kier alpha value is -1.94. The summed E-state index contributed by atoms with van der Waals surface area (Å²) in [6.07, 6.45) is 1.94. The van der Waals surface area contributed by atoms with Crippen molar-refractivity contribution in [3.63, 3.8) is 0 Å². The van der Waals surface area contributed by atoms with Crippen molar-refractivity contribution in [1.82, 2.24) is 9.88 Å². The van der Waals surface area contributed by atoms with Crippen molar-refractivity contribution in [2.45, 2.75) is 6.54 Å². The maximum Gasteiger partial charge on any atom is 0.319 e. The number of amides is 2. The summed E-state index contributed by atoms with van der Waals surface area (Å²) < 4.78 is 1.96. The van der Waals surface area contributed by atoms with Crippen LogP contribution in [0.25, 0.3) is 0 Å². The number of hydrogen-bond acceptors (Lipinski definition) is 1. The predicted octanol–water partition coefficient (Wildman–Crippen LogP) is 3.00. The van der Waals surface area contributed by atoms with Gasteiger partial charge < -0.3 is 15.2 Å². The second kappa shape index (κ2) is 5.60. The van der Waals surface area contributed by atoms with Gasteiger partial charge in [0.1, 0.15) is 0 Å². The fourth-order valence-electron chi connectivity index (χ4n) is 1.59. The molecule has 4 nitrogen and oxygen atoms in total. The van der Waals surface area contributed by atoms with Crippen molar-refractivity contribution in [2.75, 3.05) is 5.32 Å². The summed E-state index contributed by atoms with van der Waals surface area (Å²) in [5, 5.41) is 6.09. The molecular weight excluding hydrogens is 250 g/mol. The van der Waals surface area contributed by atoms with E-state index < -0.39 is 0 Å². The lowest BCUT2D eigenvalue weighted by Crippen LogP contribution is -2.28. The molecule has 1 heterocycles. The maximum atomic E-state index is 11.7. The molecule has 0 aliphatic rings. The van der Waals surface area contributed by atoms with Crippen molar-refractivity contribution in [3.8, 4) is 0 Å². The number of hydrogen-bond donors (Lipinski definition) is 2. The van der Waals surface area contributed by atoms with Crippen LogP contribution in [0.5, 0.6) is 0 Å². The largest absolute Gasteiger partial charge is 0.353 e. The van der Waals surface area contributed by atoms with Gasteiger partial charge in [-0.3, -0.25) is 0 Å². The number of nitrogens with zero attached hydrogens (tertiary/aromatic N) is 1. The first-order valence-corrected chi connectivity index (χ1v) is 5.93. The molecule has 0 fully saturated rings. The summed E-state index contributed by atoms with van der Waals surface area (Å²) in [4.78, 5) is 11.7. The van der Waals surface area contributed by atoms with Crippen LogP contribution in [0.3, 0.4) is 0 Å². The summed E-state index contributed by atoms with van der Waals surface area (Å²) in [7, 11) is 1.94. The van der Waals surface area contributed by atoms with Gasteiger partial charge in [-0.05, 0) is 30.3 Å². The van der Waals surface area contributed by atoms with Crippen LogP contribution in [-0.2, 0) is 13.6 Å². The highest BCUT2D eigenvalue weighted by Crippen LogP contribution is 2.14. The number of carbonyl (C=O) groups excluding carboxylic acids is 1. The van der Waals surface area contributed by atoms with E-state index >= 15 is 0 Å². The van der Waals surface area contributed by atoms with Gasteiger partial charge in [0.25, 0.3) is 0 Å². The minimum Gasteiger partial charge on any atom is -0.353 e. The number of anilines is 1. The predicted molar refractivity (Wildman–Crippen MR) is 72.7 cm³/mol. The topological polar surface area (TPSA) is 46.1 Å². The smallest absolute Gasteiger partial charge is 0.319 e. The molecule has 0 bridgehead atoms. The van der Waals surface area contributed by atoms with Crippen LogP contribution >= 0.6 is 11.6 Å². The quantitative estimate of drug-likeness (QED) is 0.879. The van der Waals surface area contributed by atoms with Gasteiger partial charge in [0.2, 0.25) is 0 Å². The van der Waals surface area contributed by atoms with Crippen LogP contribution < -0.4 is 10.6 Å². The summed E-state index contributed by atoms with van der Waals surface area (Å²) >= 11 is 5.83. The van der Waals surface area contributed by atoms with Gasteiger partial charge in [0.05, 0.1) is 6.54 Å². The highest BCUT2D eigenvalue weighted by molar-refractivity contribution is 6.30. The second-order valence-corrected chi connectivity index (χ2v) is 4.36. The molecule has 0 radical (unpaired) electrons. The van der Waals surface area contributed by atoms with Gasteiger partial charge >= 0.3 is 6.03 Å². The Morgan fingerprint density at radius 2 is 2.17 bits per heavy atom. The molecule has 94 valence electrons. The highest BCUT2D eigenvalue weighted by Gasteiger charge is 2.03. The lowest BCUT2D eigenvalue weighted by atomic mass is 10.3. The Morgan fingerprint density at radius 3 is 2.83 bits per heavy atom. The van der Waals surface area contributed by atoms with Crippen LogP contribution in [0.4, 0.5) is 10.5 Å². The molecular formula is C13H14ClN3O. The summed E-state index contributed by atoms with van der Waals surface area (Å²) in [5.74, 6) is 0. The number of benzene rings is 1. The number of aryl methyl sites for hydroxylation is 1. The van der Waals surface area contributed by atoms with Crippen LogP contribution in [0, 0.1) is 0 Å². The molecule has 0 spiro atoms. The molecule has 0 aliphatic carbocycles. The fourth-order valence-corrected chi connectivity index (χ4v) is 1.78. The van der Waals surface area contributed by atoms with E-state index in [0.29, 0.717) is 17.3 Å². The second-order valence-electron chi connectivity index (χ2n) is 3.93. The van der Waals surface area contributed by atoms with E-state index in [1.54, 1.807) is 24.3 Å².